The van der Waals surface area contributed by atoms with E-state index in [1.54, 1.807) is 40.3 Å². The first-order chi connectivity index (χ1) is 12.3. The molecule has 1 aromatic rings. The molecule has 6 heteroatoms. The Morgan fingerprint density at radius 3 is 2.38 bits per heavy atom. The van der Waals surface area contributed by atoms with Crippen LogP contribution in [0.25, 0.3) is 0 Å². The van der Waals surface area contributed by atoms with Gasteiger partial charge in [0, 0.05) is 37.0 Å². The topological polar surface area (TPSA) is 66.9 Å². The summed E-state index contributed by atoms with van der Waals surface area (Å²) >= 11 is 0. The van der Waals surface area contributed by atoms with Crippen molar-refractivity contribution in [1.82, 2.24) is 9.80 Å². The van der Waals surface area contributed by atoms with E-state index in [1.165, 1.54) is 7.11 Å². The SMILES string of the molecule is CCC1(C)C(=CN(C)C)C(=O)C(C(=O)OC)N1CC(=O)c1ccccc1. The van der Waals surface area contributed by atoms with Crippen LogP contribution in [0.5, 0.6) is 0 Å². The van der Waals surface area contributed by atoms with Gasteiger partial charge >= 0.3 is 5.97 Å². The average molecular weight is 358 g/mol. The number of carbonyl (C=O) groups excluding carboxylic acids is 3. The van der Waals surface area contributed by atoms with Crippen LogP contribution < -0.4 is 0 Å². The molecule has 2 atom stereocenters. The fourth-order valence-corrected chi connectivity index (χ4v) is 3.33. The highest BCUT2D eigenvalue weighted by Crippen LogP contribution is 2.39. The molecule has 1 aliphatic heterocycles. The quantitative estimate of drug-likeness (QED) is 0.335. The Hall–Kier alpha value is -2.47. The van der Waals surface area contributed by atoms with E-state index in [9.17, 15) is 14.4 Å². The third-order valence-electron chi connectivity index (χ3n) is 4.95. The van der Waals surface area contributed by atoms with Crippen LogP contribution >= 0.6 is 0 Å². The summed E-state index contributed by atoms with van der Waals surface area (Å²) in [5.41, 5.74) is 0.332. The minimum Gasteiger partial charge on any atom is -0.467 e. The molecule has 0 aliphatic carbocycles. The van der Waals surface area contributed by atoms with Gasteiger partial charge in [0.25, 0.3) is 0 Å². The van der Waals surface area contributed by atoms with Crippen LogP contribution in [0.2, 0.25) is 0 Å². The lowest BCUT2D eigenvalue weighted by molar-refractivity contribution is -0.149. The molecule has 0 amide bonds. The molecular weight excluding hydrogens is 332 g/mol. The maximum absolute atomic E-state index is 13.0. The van der Waals surface area contributed by atoms with Gasteiger partial charge in [-0.15, -0.1) is 0 Å². The van der Waals surface area contributed by atoms with Crippen LogP contribution in [0.15, 0.2) is 42.1 Å². The number of ketones is 2. The molecule has 2 rings (SSSR count). The Morgan fingerprint density at radius 2 is 1.88 bits per heavy atom. The number of Topliss-reactive ketones (excluding diaryl/α,β-unsaturated/α-hetero) is 2. The minimum atomic E-state index is -1.11. The Balaban J connectivity index is 2.48. The summed E-state index contributed by atoms with van der Waals surface area (Å²) in [5.74, 6) is -1.09. The van der Waals surface area contributed by atoms with Gasteiger partial charge < -0.3 is 9.64 Å². The van der Waals surface area contributed by atoms with E-state index < -0.39 is 17.6 Å². The summed E-state index contributed by atoms with van der Waals surface area (Å²) < 4.78 is 4.86. The molecule has 0 spiro atoms. The van der Waals surface area contributed by atoms with Crippen LogP contribution in [0.4, 0.5) is 0 Å². The van der Waals surface area contributed by atoms with Crippen LogP contribution in [-0.2, 0) is 14.3 Å². The maximum Gasteiger partial charge on any atom is 0.331 e. The molecule has 0 N–H and O–H groups in total. The first-order valence-electron chi connectivity index (χ1n) is 8.62. The second-order valence-electron chi connectivity index (χ2n) is 6.84. The largest absolute Gasteiger partial charge is 0.467 e. The lowest BCUT2D eigenvalue weighted by atomic mass is 9.89. The predicted octanol–water partition coefficient (Wildman–Crippen LogP) is 1.91. The number of carbonyl (C=O) groups is 3. The van der Waals surface area contributed by atoms with Crippen molar-refractivity contribution < 1.29 is 19.1 Å². The zero-order valence-electron chi connectivity index (χ0n) is 16.0. The van der Waals surface area contributed by atoms with Gasteiger partial charge in [0.05, 0.1) is 13.7 Å². The van der Waals surface area contributed by atoms with E-state index in [0.717, 1.165) is 0 Å². The molecule has 0 bridgehead atoms. The number of nitrogens with zero attached hydrogens (tertiary/aromatic N) is 2. The normalized spacial score (nSPS) is 24.7. The smallest absolute Gasteiger partial charge is 0.331 e. The number of ether oxygens (including phenoxy) is 1. The van der Waals surface area contributed by atoms with Crippen LogP contribution in [-0.4, -0.2) is 66.7 Å². The number of methoxy groups -OCH3 is 1. The summed E-state index contributed by atoms with van der Waals surface area (Å²) in [6.07, 6.45) is 2.31. The van der Waals surface area contributed by atoms with E-state index in [-0.39, 0.29) is 18.1 Å². The zero-order valence-corrected chi connectivity index (χ0v) is 16.0. The van der Waals surface area contributed by atoms with E-state index >= 15 is 0 Å². The van der Waals surface area contributed by atoms with Gasteiger partial charge in [-0.1, -0.05) is 37.3 Å². The molecular formula is C20H26N2O4. The van der Waals surface area contributed by atoms with Crippen LogP contribution in [0.1, 0.15) is 30.6 Å². The molecule has 2 unspecified atom stereocenters. The third-order valence-corrected chi connectivity index (χ3v) is 4.95. The van der Waals surface area contributed by atoms with Crippen molar-refractivity contribution in [3.05, 3.63) is 47.7 Å². The van der Waals surface area contributed by atoms with Gasteiger partial charge in [0.1, 0.15) is 0 Å². The summed E-state index contributed by atoms with van der Waals surface area (Å²) in [5, 5.41) is 0. The first-order valence-corrected chi connectivity index (χ1v) is 8.62. The summed E-state index contributed by atoms with van der Waals surface area (Å²) in [7, 11) is 4.90. The monoisotopic (exact) mass is 358 g/mol. The van der Waals surface area contributed by atoms with Crippen molar-refractivity contribution in [1.29, 1.82) is 0 Å². The molecule has 6 nitrogen and oxygen atoms in total. The molecule has 1 saturated heterocycles. The zero-order chi connectivity index (χ0) is 19.5. The molecule has 1 aliphatic rings. The van der Waals surface area contributed by atoms with Gasteiger partial charge in [-0.3, -0.25) is 14.5 Å². The number of esters is 1. The maximum atomic E-state index is 13.0. The lowest BCUT2D eigenvalue weighted by Crippen LogP contribution is -2.51. The average Bonchev–Trinajstić information content (AvgIpc) is 2.83. The molecule has 0 radical (unpaired) electrons. The molecule has 0 aromatic heterocycles. The standard InChI is InChI=1S/C20H26N2O4/c1-6-20(2)15(12-21(3)4)18(24)17(19(25)26-5)22(20)13-16(23)14-10-8-7-9-11-14/h7-12,17H,6,13H2,1-5H3. The Labute approximate surface area is 154 Å². The first kappa shape index (κ1) is 19.8. The van der Waals surface area contributed by atoms with Gasteiger partial charge in [-0.05, 0) is 13.3 Å². The van der Waals surface area contributed by atoms with E-state index in [4.69, 9.17) is 4.74 Å². The van der Waals surface area contributed by atoms with E-state index in [0.29, 0.717) is 17.6 Å². The summed E-state index contributed by atoms with van der Waals surface area (Å²) in [4.78, 5) is 41.6. The molecule has 26 heavy (non-hydrogen) atoms. The highest BCUT2D eigenvalue weighted by molar-refractivity contribution is 6.16. The van der Waals surface area contributed by atoms with Gasteiger partial charge in [-0.2, -0.15) is 0 Å². The Bertz CT molecular complexity index is 727. The second-order valence-corrected chi connectivity index (χ2v) is 6.84. The van der Waals surface area contributed by atoms with Gasteiger partial charge in [0.15, 0.2) is 17.6 Å². The highest BCUT2D eigenvalue weighted by atomic mass is 16.5. The van der Waals surface area contributed by atoms with Crippen molar-refractivity contribution in [2.24, 2.45) is 0 Å². The highest BCUT2D eigenvalue weighted by Gasteiger charge is 2.55. The predicted molar refractivity (Wildman–Crippen MR) is 98.8 cm³/mol. The fourth-order valence-electron chi connectivity index (χ4n) is 3.33. The van der Waals surface area contributed by atoms with Crippen LogP contribution in [0, 0.1) is 0 Å². The molecule has 1 aromatic carbocycles. The Kier molecular flexibility index (Phi) is 5.97. The second kappa shape index (κ2) is 7.83. The molecule has 1 heterocycles. The third kappa shape index (κ3) is 3.55. The molecule has 1 fully saturated rings. The van der Waals surface area contributed by atoms with E-state index in [2.05, 4.69) is 0 Å². The number of rotatable bonds is 6. The van der Waals surface area contributed by atoms with Crippen molar-refractivity contribution in [3.63, 3.8) is 0 Å². The van der Waals surface area contributed by atoms with Crippen molar-refractivity contribution in [2.75, 3.05) is 27.7 Å². The number of hydrogen-bond acceptors (Lipinski definition) is 6. The van der Waals surface area contributed by atoms with Gasteiger partial charge in [-0.25, -0.2) is 4.79 Å². The summed E-state index contributed by atoms with van der Waals surface area (Å²) in [6.45, 7) is 3.79. The van der Waals surface area contributed by atoms with Crippen molar-refractivity contribution in [2.45, 2.75) is 31.8 Å². The fraction of sp³-hybridized carbons (Fsp3) is 0.450. The van der Waals surface area contributed by atoms with Crippen molar-refractivity contribution >= 4 is 17.5 Å². The number of hydrogen-bond donors (Lipinski definition) is 0. The lowest BCUT2D eigenvalue weighted by Gasteiger charge is -2.36. The van der Waals surface area contributed by atoms with Crippen LogP contribution in [0.3, 0.4) is 0 Å². The number of benzene rings is 1. The Morgan fingerprint density at radius 1 is 1.27 bits per heavy atom. The summed E-state index contributed by atoms with van der Waals surface area (Å²) in [6, 6.07) is 7.76. The van der Waals surface area contributed by atoms with E-state index in [1.807, 2.05) is 34.0 Å². The molecule has 0 saturated carbocycles. The van der Waals surface area contributed by atoms with Gasteiger partial charge in [0.2, 0.25) is 0 Å². The number of likely N-dealkylation sites (tertiary alicyclic amines) is 1. The minimum absolute atomic E-state index is 0.0371. The molecule has 140 valence electrons. The van der Waals surface area contributed by atoms with Crippen molar-refractivity contribution in [3.8, 4) is 0 Å².